The summed E-state index contributed by atoms with van der Waals surface area (Å²) in [5, 5.41) is 4.73. The van der Waals surface area contributed by atoms with Crippen LogP contribution in [0.25, 0.3) is 22.2 Å². The van der Waals surface area contributed by atoms with Gasteiger partial charge in [0.15, 0.2) is 5.13 Å². The zero-order chi connectivity index (χ0) is 28.3. The summed E-state index contributed by atoms with van der Waals surface area (Å²) in [4.78, 5) is 24.0. The van der Waals surface area contributed by atoms with Gasteiger partial charge in [0.25, 0.3) is 5.91 Å². The highest BCUT2D eigenvalue weighted by Crippen LogP contribution is 2.31. The summed E-state index contributed by atoms with van der Waals surface area (Å²) in [6.45, 7) is 4.02. The Morgan fingerprint density at radius 3 is 2.39 bits per heavy atom. The van der Waals surface area contributed by atoms with Crippen molar-refractivity contribution in [1.82, 2.24) is 4.98 Å². The molecule has 0 saturated carbocycles. The van der Waals surface area contributed by atoms with E-state index in [4.69, 9.17) is 21.0 Å². The molecule has 7 heteroatoms. The molecule has 1 amide bonds. The Bertz CT molecular complexity index is 1930. The Morgan fingerprint density at radius 2 is 1.63 bits per heavy atom. The molecule has 0 unspecified atom stereocenters. The van der Waals surface area contributed by atoms with Crippen molar-refractivity contribution in [1.29, 1.82) is 0 Å². The van der Waals surface area contributed by atoms with Gasteiger partial charge in [0.1, 0.15) is 11.1 Å². The molecule has 41 heavy (non-hydrogen) atoms. The number of anilines is 1. The van der Waals surface area contributed by atoms with Crippen molar-refractivity contribution in [3.05, 3.63) is 141 Å². The van der Waals surface area contributed by atoms with Crippen molar-refractivity contribution in [2.75, 3.05) is 5.32 Å². The number of thiazole rings is 1. The Balaban J connectivity index is 1.29. The first-order chi connectivity index (χ1) is 19.9. The van der Waals surface area contributed by atoms with Crippen LogP contribution in [-0.2, 0) is 6.42 Å². The van der Waals surface area contributed by atoms with Crippen LogP contribution < -0.4 is 10.9 Å². The van der Waals surface area contributed by atoms with E-state index in [9.17, 15) is 4.79 Å². The van der Waals surface area contributed by atoms with E-state index >= 15 is 0 Å². The fourth-order valence-corrected chi connectivity index (χ4v) is 5.59. The average molecular weight is 576 g/mol. The zero-order valence-corrected chi connectivity index (χ0v) is 24.1. The molecule has 4 aromatic carbocycles. The summed E-state index contributed by atoms with van der Waals surface area (Å²) in [5.74, 6) is -0.361. The molecule has 2 aromatic heterocycles. The summed E-state index contributed by atoms with van der Waals surface area (Å²) < 4.78 is 6.09. The smallest absolute Gasteiger partial charge is 0.262 e. The van der Waals surface area contributed by atoms with Crippen LogP contribution in [0.15, 0.2) is 113 Å². The van der Waals surface area contributed by atoms with Gasteiger partial charge in [-0.2, -0.15) is 0 Å². The summed E-state index contributed by atoms with van der Waals surface area (Å²) >= 11 is 7.65. The quantitative estimate of drug-likeness (QED) is 0.215. The molecule has 202 valence electrons. The van der Waals surface area contributed by atoms with E-state index in [1.54, 1.807) is 24.3 Å². The lowest BCUT2D eigenvalue weighted by molar-refractivity contribution is 0.102. The second kappa shape index (κ2) is 11.5. The molecule has 6 rings (SSSR count). The Kier molecular flexibility index (Phi) is 7.51. The van der Waals surface area contributed by atoms with E-state index < -0.39 is 0 Å². The number of hydrogen-bond donors (Lipinski definition) is 1. The normalized spacial score (nSPS) is 11.6. The number of benzene rings is 4. The Labute approximate surface area is 246 Å². The highest BCUT2D eigenvalue weighted by molar-refractivity contribution is 7.16. The molecular weight excluding hydrogens is 550 g/mol. The molecule has 6 aromatic rings. The van der Waals surface area contributed by atoms with Crippen molar-refractivity contribution < 1.29 is 9.21 Å². The van der Waals surface area contributed by atoms with Crippen molar-refractivity contribution in [3.63, 3.8) is 0 Å². The minimum atomic E-state index is -0.361. The number of hydrogen-bond acceptors (Lipinski definition) is 5. The maximum atomic E-state index is 13.6. The number of aryl methyl sites for hydroxylation is 2. The average Bonchev–Trinajstić information content (AvgIpc) is 3.34. The maximum absolute atomic E-state index is 13.6. The number of amides is 1. The molecule has 1 N–H and O–H groups in total. The molecule has 0 radical (unpaired) electrons. The molecule has 0 aliphatic rings. The fraction of sp³-hybridized carbons (Fsp3) is 0.0882. The number of nitrogens with zero attached hydrogens (tertiary/aromatic N) is 2. The molecule has 0 atom stereocenters. The summed E-state index contributed by atoms with van der Waals surface area (Å²) in [7, 11) is 0. The van der Waals surface area contributed by atoms with E-state index in [0.717, 1.165) is 28.1 Å². The van der Waals surface area contributed by atoms with Crippen LogP contribution in [0, 0.1) is 13.8 Å². The third-order valence-electron chi connectivity index (χ3n) is 6.71. The molecule has 0 spiro atoms. The standard InChI is InChI=1S/C34H26ClN3O2S/c1-21-8-15-28(16-9-21)36-33-29(20-26-19-27(35)14-17-30(26)40-33)32(39)38-34-37-31(22(2)41-34)25-12-10-24(11-13-25)18-23-6-4-3-5-7-23/h3-17,19-20H,18H2,1-2H3,(H,37,38,39). The lowest BCUT2D eigenvalue weighted by Gasteiger charge is -2.06. The second-order valence-corrected chi connectivity index (χ2v) is 11.5. The largest absolute Gasteiger partial charge is 0.438 e. The number of fused-ring (bicyclic) bond motifs is 1. The minimum Gasteiger partial charge on any atom is -0.438 e. The molecule has 0 aliphatic heterocycles. The van der Waals surface area contributed by atoms with E-state index in [1.165, 1.54) is 22.5 Å². The van der Waals surface area contributed by atoms with Crippen LogP contribution in [0.3, 0.4) is 0 Å². The van der Waals surface area contributed by atoms with Gasteiger partial charge in [-0.05, 0) is 67.8 Å². The summed E-state index contributed by atoms with van der Waals surface area (Å²) in [5.41, 5.74) is 7.23. The fourth-order valence-electron chi connectivity index (χ4n) is 4.58. The molecule has 0 bridgehead atoms. The van der Waals surface area contributed by atoms with Crippen LogP contribution in [-0.4, -0.2) is 10.9 Å². The van der Waals surface area contributed by atoms with Gasteiger partial charge in [-0.15, -0.1) is 11.3 Å². The van der Waals surface area contributed by atoms with Crippen molar-refractivity contribution in [3.8, 4) is 11.3 Å². The number of rotatable bonds is 6. The molecule has 2 heterocycles. The van der Waals surface area contributed by atoms with Gasteiger partial charge in [-0.3, -0.25) is 10.1 Å². The second-order valence-electron chi connectivity index (χ2n) is 9.83. The lowest BCUT2D eigenvalue weighted by Crippen LogP contribution is -2.21. The van der Waals surface area contributed by atoms with E-state index in [1.807, 2.05) is 44.2 Å². The van der Waals surface area contributed by atoms with E-state index in [2.05, 4.69) is 58.8 Å². The van der Waals surface area contributed by atoms with Crippen LogP contribution in [0.4, 0.5) is 10.8 Å². The third-order valence-corrected chi connectivity index (χ3v) is 7.83. The van der Waals surface area contributed by atoms with E-state index in [-0.39, 0.29) is 11.5 Å². The topological polar surface area (TPSA) is 67.5 Å². The molecular formula is C34H26ClN3O2S. The Hall–Kier alpha value is -4.52. The van der Waals surface area contributed by atoms with Gasteiger partial charge in [0, 0.05) is 20.8 Å². The number of nitrogens with one attached hydrogen (secondary N) is 1. The minimum absolute atomic E-state index is 0.212. The van der Waals surface area contributed by atoms with Crippen LogP contribution >= 0.6 is 22.9 Å². The molecule has 0 fully saturated rings. The van der Waals surface area contributed by atoms with Crippen LogP contribution in [0.2, 0.25) is 5.02 Å². The van der Waals surface area contributed by atoms with Gasteiger partial charge >= 0.3 is 0 Å². The van der Waals surface area contributed by atoms with Crippen molar-refractivity contribution >= 4 is 50.6 Å². The monoisotopic (exact) mass is 575 g/mol. The zero-order valence-electron chi connectivity index (χ0n) is 22.5. The van der Waals surface area contributed by atoms with E-state index in [0.29, 0.717) is 32.4 Å². The number of aromatic nitrogens is 1. The highest BCUT2D eigenvalue weighted by Gasteiger charge is 2.17. The van der Waals surface area contributed by atoms with Gasteiger partial charge in [0.2, 0.25) is 5.55 Å². The number of carbonyl (C=O) groups is 1. The lowest BCUT2D eigenvalue weighted by atomic mass is 10.0. The van der Waals surface area contributed by atoms with Gasteiger partial charge in [-0.25, -0.2) is 9.98 Å². The summed E-state index contributed by atoms with van der Waals surface area (Å²) in [6.07, 6.45) is 0.872. The van der Waals surface area contributed by atoms with Crippen molar-refractivity contribution in [2.45, 2.75) is 20.3 Å². The predicted octanol–water partition coefficient (Wildman–Crippen LogP) is 8.90. The first-order valence-corrected chi connectivity index (χ1v) is 14.4. The predicted molar refractivity (Wildman–Crippen MR) is 167 cm³/mol. The third kappa shape index (κ3) is 6.14. The highest BCUT2D eigenvalue weighted by atomic mass is 35.5. The van der Waals surface area contributed by atoms with Crippen molar-refractivity contribution in [2.24, 2.45) is 4.99 Å². The van der Waals surface area contributed by atoms with Gasteiger partial charge in [0.05, 0.1) is 11.4 Å². The maximum Gasteiger partial charge on any atom is 0.262 e. The van der Waals surface area contributed by atoms with Crippen LogP contribution in [0.1, 0.15) is 31.9 Å². The molecule has 0 saturated heterocycles. The SMILES string of the molecule is Cc1ccc(N=c2oc3ccc(Cl)cc3cc2C(=O)Nc2nc(-c3ccc(Cc4ccccc4)cc3)c(C)s2)cc1. The number of halogens is 1. The molecule has 0 aliphatic carbocycles. The van der Waals surface area contributed by atoms with Gasteiger partial charge < -0.3 is 4.42 Å². The number of carbonyl (C=O) groups excluding carboxylic acids is 1. The first-order valence-electron chi connectivity index (χ1n) is 13.2. The first kappa shape index (κ1) is 26.7. The Morgan fingerprint density at radius 1 is 0.902 bits per heavy atom. The van der Waals surface area contributed by atoms with Crippen LogP contribution in [0.5, 0.6) is 0 Å². The van der Waals surface area contributed by atoms with Gasteiger partial charge in [-0.1, -0.05) is 83.9 Å². The summed E-state index contributed by atoms with van der Waals surface area (Å²) in [6, 6.07) is 33.5. The molecule has 5 nitrogen and oxygen atoms in total.